The zero-order chi connectivity index (χ0) is 17.7. The molecule has 0 aromatic carbocycles. The molecule has 0 amide bonds. The normalized spacial score (nSPS) is 13.9. The third-order valence-corrected chi connectivity index (χ3v) is 3.88. The van der Waals surface area contributed by atoms with E-state index in [1.165, 1.54) is 0 Å². The van der Waals surface area contributed by atoms with Crippen LogP contribution in [0.1, 0.15) is 36.5 Å². The van der Waals surface area contributed by atoms with Crippen LogP contribution in [0.3, 0.4) is 0 Å². The molecule has 0 saturated heterocycles. The summed E-state index contributed by atoms with van der Waals surface area (Å²) in [7, 11) is 1.99. The molecule has 0 saturated carbocycles. The van der Waals surface area contributed by atoms with E-state index in [2.05, 4.69) is 15.6 Å². The lowest BCUT2D eigenvalue weighted by Gasteiger charge is -2.24. The number of rotatable bonds is 6. The van der Waals surface area contributed by atoms with Crippen LogP contribution in [-0.4, -0.2) is 28.7 Å². The Hall–Kier alpha value is -1.48. The molecule has 2 aromatic rings. The fraction of sp³-hybridized carbons (Fsp3) is 0.500. The molecular formula is C18H29IN4O2. The lowest BCUT2D eigenvalue weighted by molar-refractivity contribution is 0.0601. The zero-order valence-electron chi connectivity index (χ0n) is 15.6. The van der Waals surface area contributed by atoms with Crippen molar-refractivity contribution in [1.29, 1.82) is 0 Å². The summed E-state index contributed by atoms with van der Waals surface area (Å²) in [4.78, 5) is 4.57. The predicted molar refractivity (Wildman–Crippen MR) is 111 cm³/mol. The fourth-order valence-corrected chi connectivity index (χ4v) is 2.68. The molecule has 1 atom stereocenters. The van der Waals surface area contributed by atoms with E-state index in [4.69, 9.17) is 4.42 Å². The highest BCUT2D eigenvalue weighted by atomic mass is 127. The Bertz CT molecular complexity index is 704. The Balaban J connectivity index is 0.00000312. The molecule has 0 radical (unpaired) electrons. The van der Waals surface area contributed by atoms with E-state index in [1.807, 2.05) is 56.9 Å². The topological polar surface area (TPSA) is 74.7 Å². The molecule has 3 N–H and O–H groups in total. The predicted octanol–water partition coefficient (Wildman–Crippen LogP) is 2.82. The van der Waals surface area contributed by atoms with Gasteiger partial charge in [0.05, 0.1) is 13.1 Å². The maximum absolute atomic E-state index is 10.8. The van der Waals surface area contributed by atoms with E-state index >= 15 is 0 Å². The van der Waals surface area contributed by atoms with E-state index in [-0.39, 0.29) is 24.0 Å². The number of aromatic nitrogens is 1. The van der Waals surface area contributed by atoms with Gasteiger partial charge in [0.2, 0.25) is 0 Å². The maximum atomic E-state index is 10.8. The highest BCUT2D eigenvalue weighted by Crippen LogP contribution is 2.26. The van der Waals surface area contributed by atoms with Crippen LogP contribution < -0.4 is 10.6 Å². The van der Waals surface area contributed by atoms with Gasteiger partial charge in [0, 0.05) is 31.5 Å². The van der Waals surface area contributed by atoms with Crippen molar-refractivity contribution in [3.8, 4) is 0 Å². The SMILES string of the molecule is CCNC(=NCc1ccn(C)c1)NCC(C)(O)c1cc(C)oc1C.I. The largest absolute Gasteiger partial charge is 0.466 e. The molecule has 1 unspecified atom stereocenters. The molecule has 6 nitrogen and oxygen atoms in total. The van der Waals surface area contributed by atoms with E-state index in [0.29, 0.717) is 19.0 Å². The summed E-state index contributed by atoms with van der Waals surface area (Å²) in [6.45, 7) is 9.22. The molecule has 0 bridgehead atoms. The molecule has 2 aromatic heterocycles. The average Bonchev–Trinajstić information content (AvgIpc) is 3.07. The summed E-state index contributed by atoms with van der Waals surface area (Å²) in [6.07, 6.45) is 4.04. The number of hydrogen-bond donors (Lipinski definition) is 3. The van der Waals surface area contributed by atoms with Crippen LogP contribution in [-0.2, 0) is 19.2 Å². The lowest BCUT2D eigenvalue weighted by Crippen LogP contribution is -2.44. The molecule has 0 spiro atoms. The van der Waals surface area contributed by atoms with Crippen molar-refractivity contribution >= 4 is 29.9 Å². The van der Waals surface area contributed by atoms with Crippen molar-refractivity contribution in [3.05, 3.63) is 47.2 Å². The van der Waals surface area contributed by atoms with Crippen LogP contribution in [0.2, 0.25) is 0 Å². The second kappa shape index (κ2) is 9.28. The monoisotopic (exact) mass is 460 g/mol. The Morgan fingerprint density at radius 2 is 2.08 bits per heavy atom. The third-order valence-electron chi connectivity index (χ3n) is 3.88. The number of nitrogens with one attached hydrogen (secondary N) is 2. The molecule has 25 heavy (non-hydrogen) atoms. The number of nitrogens with zero attached hydrogens (tertiary/aromatic N) is 2. The highest BCUT2D eigenvalue weighted by Gasteiger charge is 2.27. The van der Waals surface area contributed by atoms with Gasteiger partial charge in [-0.05, 0) is 45.4 Å². The fourth-order valence-electron chi connectivity index (χ4n) is 2.68. The molecule has 0 aliphatic heterocycles. The second-order valence-electron chi connectivity index (χ2n) is 6.33. The molecule has 0 aliphatic rings. The minimum Gasteiger partial charge on any atom is -0.466 e. The van der Waals surface area contributed by atoms with Crippen LogP contribution in [0.25, 0.3) is 0 Å². The Morgan fingerprint density at radius 1 is 1.36 bits per heavy atom. The van der Waals surface area contributed by atoms with E-state index in [0.717, 1.165) is 29.2 Å². The van der Waals surface area contributed by atoms with Crippen LogP contribution in [0.15, 0.2) is 33.9 Å². The number of hydrogen-bond acceptors (Lipinski definition) is 3. The lowest BCUT2D eigenvalue weighted by atomic mass is 9.96. The van der Waals surface area contributed by atoms with E-state index in [9.17, 15) is 5.11 Å². The van der Waals surface area contributed by atoms with Gasteiger partial charge < -0.3 is 24.7 Å². The van der Waals surface area contributed by atoms with Gasteiger partial charge >= 0.3 is 0 Å². The van der Waals surface area contributed by atoms with Crippen molar-refractivity contribution in [2.24, 2.45) is 12.0 Å². The van der Waals surface area contributed by atoms with E-state index in [1.54, 1.807) is 6.92 Å². The summed E-state index contributed by atoms with van der Waals surface area (Å²) in [6, 6.07) is 3.92. The molecule has 2 rings (SSSR count). The quantitative estimate of drug-likeness (QED) is 0.352. The van der Waals surface area contributed by atoms with Gasteiger partial charge in [-0.25, -0.2) is 4.99 Å². The number of furan rings is 1. The minimum absolute atomic E-state index is 0. The minimum atomic E-state index is -1.04. The number of aliphatic imine (C=N–C) groups is 1. The van der Waals surface area contributed by atoms with Crippen molar-refractivity contribution in [2.75, 3.05) is 13.1 Å². The first-order chi connectivity index (χ1) is 11.3. The number of aliphatic hydroxyl groups is 1. The first-order valence-electron chi connectivity index (χ1n) is 8.24. The molecular weight excluding hydrogens is 431 g/mol. The first kappa shape index (κ1) is 21.6. The summed E-state index contributed by atoms with van der Waals surface area (Å²) < 4.78 is 7.53. The summed E-state index contributed by atoms with van der Waals surface area (Å²) in [5.74, 6) is 2.22. The summed E-state index contributed by atoms with van der Waals surface area (Å²) >= 11 is 0. The van der Waals surface area contributed by atoms with Crippen molar-refractivity contribution < 1.29 is 9.52 Å². The van der Waals surface area contributed by atoms with Crippen LogP contribution in [0.4, 0.5) is 0 Å². The summed E-state index contributed by atoms with van der Waals surface area (Å²) in [5.41, 5.74) is 0.902. The van der Waals surface area contributed by atoms with Crippen LogP contribution >= 0.6 is 24.0 Å². The van der Waals surface area contributed by atoms with Gasteiger partial charge in [0.1, 0.15) is 17.1 Å². The molecule has 0 aliphatic carbocycles. The third kappa shape index (κ3) is 6.07. The number of aryl methyl sites for hydroxylation is 3. The van der Waals surface area contributed by atoms with Gasteiger partial charge in [-0.1, -0.05) is 0 Å². The number of halogens is 1. The smallest absolute Gasteiger partial charge is 0.191 e. The molecule has 2 heterocycles. The standard InChI is InChI=1S/C18H28N4O2.HI/c1-6-19-17(20-10-15-7-8-22(5)11-15)21-12-18(4,23)16-9-13(2)24-14(16)3;/h7-9,11,23H,6,10,12H2,1-5H3,(H2,19,20,21);1H. The van der Waals surface area contributed by atoms with Crippen molar-refractivity contribution in [1.82, 2.24) is 15.2 Å². The van der Waals surface area contributed by atoms with Gasteiger partial charge in [0.25, 0.3) is 0 Å². The van der Waals surface area contributed by atoms with Gasteiger partial charge in [-0.15, -0.1) is 24.0 Å². The molecule has 0 fully saturated rings. The number of guanidine groups is 1. The highest BCUT2D eigenvalue weighted by molar-refractivity contribution is 14.0. The first-order valence-corrected chi connectivity index (χ1v) is 8.24. The van der Waals surface area contributed by atoms with Gasteiger partial charge in [-0.2, -0.15) is 0 Å². The van der Waals surface area contributed by atoms with Crippen LogP contribution in [0.5, 0.6) is 0 Å². The van der Waals surface area contributed by atoms with Crippen molar-refractivity contribution in [3.63, 3.8) is 0 Å². The second-order valence-corrected chi connectivity index (χ2v) is 6.33. The molecule has 7 heteroatoms. The average molecular weight is 460 g/mol. The Morgan fingerprint density at radius 3 is 2.60 bits per heavy atom. The Kier molecular flexibility index (Phi) is 8.01. The summed E-state index contributed by atoms with van der Waals surface area (Å²) in [5, 5.41) is 17.2. The van der Waals surface area contributed by atoms with E-state index < -0.39 is 5.60 Å². The molecule has 140 valence electrons. The van der Waals surface area contributed by atoms with Crippen molar-refractivity contribution in [2.45, 2.75) is 39.8 Å². The van der Waals surface area contributed by atoms with Gasteiger partial charge in [-0.3, -0.25) is 0 Å². The zero-order valence-corrected chi connectivity index (χ0v) is 17.9. The van der Waals surface area contributed by atoms with Gasteiger partial charge in [0.15, 0.2) is 5.96 Å². The van der Waals surface area contributed by atoms with Crippen LogP contribution in [0, 0.1) is 13.8 Å². The Labute approximate surface area is 166 Å². The maximum Gasteiger partial charge on any atom is 0.191 e.